The maximum Gasteiger partial charge on any atom is 0.227 e. The third-order valence-electron chi connectivity index (χ3n) is 9.81. The molecule has 0 spiro atoms. The van der Waals surface area contributed by atoms with Gasteiger partial charge in [-0.15, -0.1) is 11.3 Å². The van der Waals surface area contributed by atoms with Crippen molar-refractivity contribution < 1.29 is 4.42 Å². The molecule has 4 aromatic heterocycles. The van der Waals surface area contributed by atoms with Gasteiger partial charge in [0.25, 0.3) is 0 Å². The zero-order valence-corrected chi connectivity index (χ0v) is 28.5. The molecule has 0 amide bonds. The van der Waals surface area contributed by atoms with Gasteiger partial charge in [0.15, 0.2) is 5.58 Å². The van der Waals surface area contributed by atoms with Crippen LogP contribution in [-0.2, 0) is 0 Å². The highest BCUT2D eigenvalue weighted by molar-refractivity contribution is 7.21. The number of fused-ring (bicyclic) bond motifs is 6. The van der Waals surface area contributed by atoms with E-state index in [0.717, 1.165) is 88.4 Å². The van der Waals surface area contributed by atoms with Crippen molar-refractivity contribution in [3.05, 3.63) is 164 Å². The highest BCUT2D eigenvalue weighted by atomic mass is 32.1. The van der Waals surface area contributed by atoms with Crippen LogP contribution in [0.3, 0.4) is 0 Å². The molecule has 4 heterocycles. The molecule has 0 aliphatic heterocycles. The molecule has 0 aliphatic rings. The van der Waals surface area contributed by atoms with Gasteiger partial charge in [-0.2, -0.15) is 0 Å². The molecule has 0 atom stereocenters. The lowest BCUT2D eigenvalue weighted by Gasteiger charge is -2.12. The number of hydrogen-bond acceptors (Lipinski definition) is 5. The lowest BCUT2D eigenvalue weighted by atomic mass is 10.1. The summed E-state index contributed by atoms with van der Waals surface area (Å²) in [6, 6.07) is 56.7. The first-order valence-electron chi connectivity index (χ1n) is 17.2. The van der Waals surface area contributed by atoms with Crippen LogP contribution in [0.15, 0.2) is 168 Å². The molecule has 0 radical (unpaired) electrons. The quantitative estimate of drug-likeness (QED) is 0.181. The number of para-hydroxylation sites is 4. The number of imidazole rings is 1. The van der Waals surface area contributed by atoms with Crippen LogP contribution >= 0.6 is 11.3 Å². The summed E-state index contributed by atoms with van der Waals surface area (Å²) < 4.78 is 12.2. The van der Waals surface area contributed by atoms with Gasteiger partial charge >= 0.3 is 0 Å². The number of nitrogens with zero attached hydrogens (tertiary/aromatic N) is 5. The summed E-state index contributed by atoms with van der Waals surface area (Å²) in [5, 5.41) is 3.17. The number of aromatic nitrogens is 5. The molecule has 6 nitrogen and oxygen atoms in total. The SMILES string of the molecule is c1ccc(-c2ccc3nc(-c4ccc5c(c4)c4cc(-c6nc7ccccc7s6)ccc4n5-c4nc5ccccc5n4-c4ccccc4)oc3c2)cc1. The molecule has 244 valence electrons. The van der Waals surface area contributed by atoms with E-state index in [1.165, 1.54) is 4.70 Å². The second kappa shape index (κ2) is 11.3. The summed E-state index contributed by atoms with van der Waals surface area (Å²) in [5.74, 6) is 1.41. The summed E-state index contributed by atoms with van der Waals surface area (Å²) in [4.78, 5) is 15.2. The Morgan fingerprint density at radius 3 is 1.92 bits per heavy atom. The van der Waals surface area contributed by atoms with E-state index in [2.05, 4.69) is 130 Å². The number of rotatable bonds is 5. The van der Waals surface area contributed by atoms with Crippen LogP contribution in [0.1, 0.15) is 0 Å². The normalized spacial score (nSPS) is 11.8. The molecular formula is C45H27N5OS. The second-order valence-corrected chi connectivity index (χ2v) is 14.0. The minimum absolute atomic E-state index is 0.585. The van der Waals surface area contributed by atoms with Crippen molar-refractivity contribution >= 4 is 65.5 Å². The number of oxazole rings is 1. The average molecular weight is 686 g/mol. The van der Waals surface area contributed by atoms with Gasteiger partial charge in [0, 0.05) is 27.6 Å². The van der Waals surface area contributed by atoms with Crippen molar-refractivity contribution in [3.8, 4) is 44.8 Å². The van der Waals surface area contributed by atoms with Gasteiger partial charge in [0.1, 0.15) is 10.5 Å². The van der Waals surface area contributed by atoms with E-state index in [0.29, 0.717) is 5.89 Å². The van der Waals surface area contributed by atoms with Gasteiger partial charge in [-0.3, -0.25) is 9.13 Å². The molecule has 0 saturated carbocycles. The Bertz CT molecular complexity index is 3100. The zero-order chi connectivity index (χ0) is 34.2. The van der Waals surface area contributed by atoms with Crippen molar-refractivity contribution in [2.45, 2.75) is 0 Å². The maximum atomic E-state index is 6.47. The van der Waals surface area contributed by atoms with Crippen molar-refractivity contribution in [1.82, 2.24) is 24.1 Å². The standard InChI is InChI=1S/C45H27N5OS/c1-3-11-28(12-4-1)29-19-22-36-41(27-29)51-43(46-36)30-20-23-38-33(25-30)34-26-31(44-47-37-16-8-10-18-42(37)52-44)21-24-39(34)50(38)45-48-35-15-7-9-17-40(35)49(45)32-13-5-2-6-14-32/h1-27H. The monoisotopic (exact) mass is 685 g/mol. The zero-order valence-electron chi connectivity index (χ0n) is 27.6. The molecule has 11 aromatic rings. The Hall–Kier alpha value is -6.83. The average Bonchev–Trinajstić information content (AvgIpc) is 3.99. The van der Waals surface area contributed by atoms with Gasteiger partial charge < -0.3 is 4.42 Å². The molecule has 0 unspecified atom stereocenters. The molecule has 7 heteroatoms. The van der Waals surface area contributed by atoms with E-state index in [-0.39, 0.29) is 0 Å². The lowest BCUT2D eigenvalue weighted by Crippen LogP contribution is -2.05. The number of benzene rings is 7. The number of hydrogen-bond donors (Lipinski definition) is 0. The predicted molar refractivity (Wildman–Crippen MR) is 212 cm³/mol. The Kier molecular flexibility index (Phi) is 6.32. The van der Waals surface area contributed by atoms with Gasteiger partial charge in [-0.25, -0.2) is 15.0 Å². The summed E-state index contributed by atoms with van der Waals surface area (Å²) in [6.45, 7) is 0. The first-order chi connectivity index (χ1) is 25.7. The molecule has 0 N–H and O–H groups in total. The van der Waals surface area contributed by atoms with Crippen LogP contribution in [0.25, 0.3) is 98.9 Å². The van der Waals surface area contributed by atoms with Crippen LogP contribution in [0.5, 0.6) is 0 Å². The Morgan fingerprint density at radius 1 is 0.442 bits per heavy atom. The van der Waals surface area contributed by atoms with Gasteiger partial charge in [-0.1, -0.05) is 78.9 Å². The van der Waals surface area contributed by atoms with Crippen molar-refractivity contribution in [2.24, 2.45) is 0 Å². The van der Waals surface area contributed by atoms with Crippen LogP contribution in [0, 0.1) is 0 Å². The van der Waals surface area contributed by atoms with Gasteiger partial charge in [0.05, 0.1) is 32.3 Å². The minimum atomic E-state index is 0.585. The predicted octanol–water partition coefficient (Wildman–Crippen LogP) is 11.9. The Balaban J connectivity index is 1.15. The highest BCUT2D eigenvalue weighted by Crippen LogP contribution is 2.40. The first kappa shape index (κ1) is 29.0. The second-order valence-electron chi connectivity index (χ2n) is 12.9. The maximum absolute atomic E-state index is 6.47. The van der Waals surface area contributed by atoms with E-state index >= 15 is 0 Å². The van der Waals surface area contributed by atoms with E-state index in [9.17, 15) is 0 Å². The minimum Gasteiger partial charge on any atom is -0.436 e. The Labute approximate surface area is 301 Å². The molecule has 0 aliphatic carbocycles. The van der Waals surface area contributed by atoms with E-state index in [1.54, 1.807) is 11.3 Å². The van der Waals surface area contributed by atoms with E-state index < -0.39 is 0 Å². The summed E-state index contributed by atoms with van der Waals surface area (Å²) >= 11 is 1.71. The molecule has 0 bridgehead atoms. The van der Waals surface area contributed by atoms with Crippen molar-refractivity contribution in [3.63, 3.8) is 0 Å². The molecule has 11 rings (SSSR count). The fraction of sp³-hybridized carbons (Fsp3) is 0. The van der Waals surface area contributed by atoms with Gasteiger partial charge in [-0.05, 0) is 96.1 Å². The fourth-order valence-corrected chi connectivity index (χ4v) is 8.32. The molecular weight excluding hydrogens is 659 g/mol. The number of thiazole rings is 1. The van der Waals surface area contributed by atoms with Crippen LogP contribution < -0.4 is 0 Å². The first-order valence-corrected chi connectivity index (χ1v) is 18.0. The lowest BCUT2D eigenvalue weighted by molar-refractivity contribution is 0.620. The largest absolute Gasteiger partial charge is 0.436 e. The molecule has 0 fully saturated rings. The third kappa shape index (κ3) is 4.53. The van der Waals surface area contributed by atoms with E-state index in [1.807, 2.05) is 42.5 Å². The summed E-state index contributed by atoms with van der Waals surface area (Å²) in [7, 11) is 0. The summed E-state index contributed by atoms with van der Waals surface area (Å²) in [6.07, 6.45) is 0. The summed E-state index contributed by atoms with van der Waals surface area (Å²) in [5.41, 5.74) is 11.9. The molecule has 0 saturated heterocycles. The van der Waals surface area contributed by atoms with Crippen LogP contribution in [0.2, 0.25) is 0 Å². The van der Waals surface area contributed by atoms with Crippen LogP contribution in [-0.4, -0.2) is 24.1 Å². The van der Waals surface area contributed by atoms with Gasteiger partial charge in [0.2, 0.25) is 11.8 Å². The molecule has 7 aromatic carbocycles. The van der Waals surface area contributed by atoms with Crippen molar-refractivity contribution in [2.75, 3.05) is 0 Å². The third-order valence-corrected chi connectivity index (χ3v) is 10.9. The fourth-order valence-electron chi connectivity index (χ4n) is 7.35. The highest BCUT2D eigenvalue weighted by Gasteiger charge is 2.22. The smallest absolute Gasteiger partial charge is 0.227 e. The molecule has 52 heavy (non-hydrogen) atoms. The Morgan fingerprint density at radius 2 is 1.12 bits per heavy atom. The van der Waals surface area contributed by atoms with E-state index in [4.69, 9.17) is 19.4 Å². The topological polar surface area (TPSA) is 61.7 Å². The van der Waals surface area contributed by atoms with Crippen molar-refractivity contribution in [1.29, 1.82) is 0 Å². The van der Waals surface area contributed by atoms with Crippen LogP contribution in [0.4, 0.5) is 0 Å².